The van der Waals surface area contributed by atoms with Gasteiger partial charge < -0.3 is 5.11 Å². The molecule has 104 valence electrons. The molecule has 1 heterocycles. The van der Waals surface area contributed by atoms with E-state index in [4.69, 9.17) is 11.5 Å². The van der Waals surface area contributed by atoms with E-state index >= 15 is 0 Å². The van der Waals surface area contributed by atoms with Gasteiger partial charge in [-0.1, -0.05) is 0 Å². The van der Waals surface area contributed by atoms with Crippen LogP contribution in [0.3, 0.4) is 0 Å². The molecule has 1 aliphatic heterocycles. The summed E-state index contributed by atoms with van der Waals surface area (Å²) in [5.41, 5.74) is -0.217. The molecule has 0 aromatic heterocycles. The summed E-state index contributed by atoms with van der Waals surface area (Å²) in [6, 6.07) is 2.72. The molecule has 6 nitrogen and oxygen atoms in total. The highest BCUT2D eigenvalue weighted by molar-refractivity contribution is 7.90. The molecule has 20 heavy (non-hydrogen) atoms. The number of fused-ring (bicyclic) bond motifs is 1. The van der Waals surface area contributed by atoms with Crippen LogP contribution < -0.4 is 0 Å². The SMILES string of the molecule is C#CCC(C)N1C(=O)c2ccc(C(=O)O)cc2S1(=O)=O. The second kappa shape index (κ2) is 4.65. The fourth-order valence-corrected chi connectivity index (χ4v) is 3.86. The molecule has 0 fully saturated rings. The summed E-state index contributed by atoms with van der Waals surface area (Å²) in [5.74, 6) is 0.367. The molecule has 1 aliphatic rings. The van der Waals surface area contributed by atoms with Crippen LogP contribution >= 0.6 is 0 Å². The van der Waals surface area contributed by atoms with Gasteiger partial charge in [-0.05, 0) is 25.1 Å². The van der Waals surface area contributed by atoms with Crippen LogP contribution in [-0.2, 0) is 10.0 Å². The first-order valence-corrected chi connectivity index (χ1v) is 7.14. The molecule has 0 saturated carbocycles. The second-order valence-electron chi connectivity index (χ2n) is 4.38. The molecular formula is C13H11NO5S. The van der Waals surface area contributed by atoms with E-state index in [1.165, 1.54) is 19.1 Å². The maximum absolute atomic E-state index is 12.3. The molecule has 0 bridgehead atoms. The first kappa shape index (κ1) is 14.1. The first-order chi connectivity index (χ1) is 9.30. The van der Waals surface area contributed by atoms with Crippen molar-refractivity contribution in [1.82, 2.24) is 4.31 Å². The summed E-state index contributed by atoms with van der Waals surface area (Å²) in [5, 5.41) is 8.89. The molecule has 1 aromatic carbocycles. The lowest BCUT2D eigenvalue weighted by atomic mass is 10.1. The van der Waals surface area contributed by atoms with Crippen molar-refractivity contribution in [2.75, 3.05) is 0 Å². The van der Waals surface area contributed by atoms with Gasteiger partial charge in [0.1, 0.15) is 4.90 Å². The van der Waals surface area contributed by atoms with Crippen molar-refractivity contribution < 1.29 is 23.1 Å². The Morgan fingerprint density at radius 3 is 2.70 bits per heavy atom. The fourth-order valence-electron chi connectivity index (χ4n) is 2.07. The maximum atomic E-state index is 12.3. The number of aromatic carboxylic acids is 1. The number of carbonyl (C=O) groups is 2. The average Bonchev–Trinajstić information content (AvgIpc) is 2.57. The third kappa shape index (κ3) is 1.94. The topological polar surface area (TPSA) is 91.8 Å². The number of nitrogens with zero attached hydrogens (tertiary/aromatic N) is 1. The predicted molar refractivity (Wildman–Crippen MR) is 69.7 cm³/mol. The number of benzene rings is 1. The molecular weight excluding hydrogens is 282 g/mol. The molecule has 0 saturated heterocycles. The summed E-state index contributed by atoms with van der Waals surface area (Å²) in [7, 11) is -4.05. The van der Waals surface area contributed by atoms with Crippen LogP contribution in [0.15, 0.2) is 23.1 Å². The summed E-state index contributed by atoms with van der Waals surface area (Å²) in [6.07, 6.45) is 5.23. The predicted octanol–water partition coefficient (Wildman–Crippen LogP) is 0.941. The number of rotatable bonds is 3. The van der Waals surface area contributed by atoms with E-state index in [9.17, 15) is 18.0 Å². The zero-order valence-electron chi connectivity index (χ0n) is 10.5. The quantitative estimate of drug-likeness (QED) is 0.837. The van der Waals surface area contributed by atoms with Crippen molar-refractivity contribution in [3.05, 3.63) is 29.3 Å². The fraction of sp³-hybridized carbons (Fsp3) is 0.231. The molecule has 0 spiro atoms. The molecule has 2 rings (SSSR count). The number of terminal acetylenes is 1. The van der Waals surface area contributed by atoms with Crippen LogP contribution in [0.5, 0.6) is 0 Å². The Labute approximate surface area is 116 Å². The summed E-state index contributed by atoms with van der Waals surface area (Å²) < 4.78 is 25.4. The maximum Gasteiger partial charge on any atom is 0.335 e. The number of hydrogen-bond donors (Lipinski definition) is 1. The van der Waals surface area contributed by atoms with E-state index in [0.717, 1.165) is 6.07 Å². The Morgan fingerprint density at radius 2 is 2.15 bits per heavy atom. The Balaban J connectivity index is 2.60. The van der Waals surface area contributed by atoms with Gasteiger partial charge in [-0.3, -0.25) is 4.79 Å². The third-order valence-electron chi connectivity index (χ3n) is 3.01. The van der Waals surface area contributed by atoms with Crippen molar-refractivity contribution in [1.29, 1.82) is 0 Å². The lowest BCUT2D eigenvalue weighted by Gasteiger charge is -2.21. The van der Waals surface area contributed by atoms with E-state index in [2.05, 4.69) is 5.92 Å². The lowest BCUT2D eigenvalue weighted by Crippen LogP contribution is -2.37. The van der Waals surface area contributed by atoms with E-state index in [0.29, 0.717) is 4.31 Å². The van der Waals surface area contributed by atoms with Crippen LogP contribution in [0.2, 0.25) is 0 Å². The molecule has 1 unspecified atom stereocenters. The molecule has 0 radical (unpaired) electrons. The number of carbonyl (C=O) groups excluding carboxylic acids is 1. The number of sulfonamides is 1. The van der Waals surface area contributed by atoms with Gasteiger partial charge in [-0.2, -0.15) is 0 Å². The summed E-state index contributed by atoms with van der Waals surface area (Å²) in [6.45, 7) is 1.53. The van der Waals surface area contributed by atoms with E-state index in [-0.39, 0.29) is 22.4 Å². The van der Waals surface area contributed by atoms with Gasteiger partial charge in [0.2, 0.25) is 0 Å². The summed E-state index contributed by atoms with van der Waals surface area (Å²) in [4.78, 5) is 22.7. The minimum absolute atomic E-state index is 0.0288. The summed E-state index contributed by atoms with van der Waals surface area (Å²) >= 11 is 0. The third-order valence-corrected chi connectivity index (χ3v) is 4.95. The van der Waals surface area contributed by atoms with Crippen LogP contribution in [-0.4, -0.2) is 35.7 Å². The lowest BCUT2D eigenvalue weighted by molar-refractivity contribution is 0.0695. The van der Waals surface area contributed by atoms with Crippen LogP contribution in [0, 0.1) is 12.3 Å². The zero-order valence-corrected chi connectivity index (χ0v) is 11.3. The number of carboxylic acids is 1. The van der Waals surface area contributed by atoms with Gasteiger partial charge in [-0.15, -0.1) is 12.3 Å². The number of carboxylic acid groups (broad SMARTS) is 1. The number of hydrogen-bond acceptors (Lipinski definition) is 4. The molecule has 1 atom stereocenters. The molecule has 1 N–H and O–H groups in total. The van der Waals surface area contributed by atoms with Gasteiger partial charge >= 0.3 is 5.97 Å². The first-order valence-electron chi connectivity index (χ1n) is 5.70. The Bertz CT molecular complexity index is 745. The van der Waals surface area contributed by atoms with Crippen molar-refractivity contribution in [2.45, 2.75) is 24.3 Å². The molecule has 1 aromatic rings. The normalized spacial score (nSPS) is 17.4. The van der Waals surface area contributed by atoms with Crippen LogP contribution in [0.1, 0.15) is 34.1 Å². The number of amides is 1. The van der Waals surface area contributed by atoms with Crippen LogP contribution in [0.4, 0.5) is 0 Å². The minimum Gasteiger partial charge on any atom is -0.478 e. The molecule has 1 amide bonds. The average molecular weight is 293 g/mol. The highest BCUT2D eigenvalue weighted by Gasteiger charge is 2.43. The smallest absolute Gasteiger partial charge is 0.335 e. The van der Waals surface area contributed by atoms with Gasteiger partial charge in [0, 0.05) is 6.42 Å². The molecule has 7 heteroatoms. The van der Waals surface area contributed by atoms with Crippen molar-refractivity contribution >= 4 is 21.9 Å². The Morgan fingerprint density at radius 1 is 1.50 bits per heavy atom. The molecule has 0 aliphatic carbocycles. The van der Waals surface area contributed by atoms with Crippen molar-refractivity contribution in [2.24, 2.45) is 0 Å². The van der Waals surface area contributed by atoms with Crippen molar-refractivity contribution in [3.8, 4) is 12.3 Å². The van der Waals surface area contributed by atoms with Gasteiger partial charge in [-0.25, -0.2) is 17.5 Å². The van der Waals surface area contributed by atoms with Crippen LogP contribution in [0.25, 0.3) is 0 Å². The van der Waals surface area contributed by atoms with E-state index < -0.39 is 27.9 Å². The Kier molecular flexibility index (Phi) is 3.28. The van der Waals surface area contributed by atoms with Crippen molar-refractivity contribution in [3.63, 3.8) is 0 Å². The van der Waals surface area contributed by atoms with E-state index in [1.54, 1.807) is 0 Å². The second-order valence-corrected chi connectivity index (χ2v) is 6.16. The largest absolute Gasteiger partial charge is 0.478 e. The minimum atomic E-state index is -4.05. The highest BCUT2D eigenvalue weighted by atomic mass is 32.2. The van der Waals surface area contributed by atoms with Gasteiger partial charge in [0.05, 0.1) is 17.2 Å². The Hall–Kier alpha value is -2.33. The van der Waals surface area contributed by atoms with Gasteiger partial charge in [0.25, 0.3) is 15.9 Å². The van der Waals surface area contributed by atoms with Gasteiger partial charge in [0.15, 0.2) is 0 Å². The zero-order chi connectivity index (χ0) is 15.1. The monoisotopic (exact) mass is 293 g/mol. The standard InChI is InChI=1S/C13H11NO5S/c1-3-4-8(2)14-12(15)10-6-5-9(13(16)17)7-11(10)20(14,18)19/h1,5-8H,4H2,2H3,(H,16,17). The van der Waals surface area contributed by atoms with E-state index in [1.807, 2.05) is 0 Å². The highest BCUT2D eigenvalue weighted by Crippen LogP contribution is 2.33.